The number of hydrogen-bond donors (Lipinski definition) is 2. The lowest BCUT2D eigenvalue weighted by Gasteiger charge is -2.50. The quantitative estimate of drug-likeness (QED) is 0.277. The maximum Gasteiger partial charge on any atom is 0.320 e. The molecule has 1 aromatic carbocycles. The third kappa shape index (κ3) is 9.29. The molecular weight excluding hydrogens is 478 g/mol. The first-order valence-corrected chi connectivity index (χ1v) is 14.2. The maximum absolute atomic E-state index is 12.2. The number of benzene rings is 1. The van der Waals surface area contributed by atoms with Gasteiger partial charge in [0.05, 0.1) is 0 Å². The van der Waals surface area contributed by atoms with Gasteiger partial charge < -0.3 is 14.9 Å². The number of piperidine rings is 1. The van der Waals surface area contributed by atoms with Gasteiger partial charge in [-0.1, -0.05) is 61.3 Å². The molecule has 1 fully saturated rings. The first-order valence-electron chi connectivity index (χ1n) is 14.2. The number of esters is 1. The van der Waals surface area contributed by atoms with Crippen molar-refractivity contribution in [1.82, 2.24) is 4.90 Å². The van der Waals surface area contributed by atoms with Crippen molar-refractivity contribution < 1.29 is 24.5 Å². The van der Waals surface area contributed by atoms with Crippen molar-refractivity contribution in [3.8, 4) is 5.75 Å². The van der Waals surface area contributed by atoms with E-state index in [0.29, 0.717) is 17.5 Å². The van der Waals surface area contributed by atoms with Crippen molar-refractivity contribution in [2.75, 3.05) is 7.05 Å². The predicted octanol–water partition coefficient (Wildman–Crippen LogP) is 7.58. The van der Waals surface area contributed by atoms with Gasteiger partial charge in [-0.3, -0.25) is 14.5 Å². The molecule has 1 aromatic rings. The third-order valence-corrected chi connectivity index (χ3v) is 7.99. The van der Waals surface area contributed by atoms with Crippen LogP contribution in [0.3, 0.4) is 0 Å². The van der Waals surface area contributed by atoms with Crippen LogP contribution in [-0.4, -0.2) is 45.2 Å². The van der Waals surface area contributed by atoms with Crippen LogP contribution < -0.4 is 0 Å². The number of carboxylic acids is 1. The van der Waals surface area contributed by atoms with E-state index in [9.17, 15) is 19.8 Å². The zero-order chi connectivity index (χ0) is 29.7. The topological polar surface area (TPSA) is 87.1 Å². The summed E-state index contributed by atoms with van der Waals surface area (Å²) in [6.07, 6.45) is 5.82. The van der Waals surface area contributed by atoms with Crippen LogP contribution >= 0.6 is 0 Å². The number of carbonyl (C=O) groups is 2. The zero-order valence-electron chi connectivity index (χ0n) is 26.2. The average molecular weight is 534 g/mol. The van der Waals surface area contributed by atoms with Crippen molar-refractivity contribution in [3.05, 3.63) is 28.8 Å². The number of aliphatic carboxylic acids is 1. The van der Waals surface area contributed by atoms with Gasteiger partial charge in [-0.15, -0.1) is 0 Å². The Morgan fingerprint density at radius 3 is 1.76 bits per heavy atom. The monoisotopic (exact) mass is 533 g/mol. The van der Waals surface area contributed by atoms with Crippen LogP contribution in [0.1, 0.15) is 131 Å². The lowest BCUT2D eigenvalue weighted by atomic mass is 9.78. The largest absolute Gasteiger partial charge is 0.507 e. The molecule has 38 heavy (non-hydrogen) atoms. The molecule has 0 saturated carbocycles. The van der Waals surface area contributed by atoms with Crippen molar-refractivity contribution in [2.45, 2.75) is 143 Å². The highest BCUT2D eigenvalue weighted by molar-refractivity contribution is 5.93. The summed E-state index contributed by atoms with van der Waals surface area (Å²) in [5, 5.41) is 20.0. The molecule has 1 heterocycles. The molecule has 0 amide bonds. The number of carbonyl (C=O) groups excluding carboxylic acids is 1. The Kier molecular flexibility index (Phi) is 11.5. The summed E-state index contributed by atoms with van der Waals surface area (Å²) in [5.74, 6) is -2.73. The van der Waals surface area contributed by atoms with Crippen molar-refractivity contribution in [1.29, 1.82) is 0 Å². The van der Waals surface area contributed by atoms with E-state index in [1.54, 1.807) is 0 Å². The van der Waals surface area contributed by atoms with Gasteiger partial charge in [0, 0.05) is 11.1 Å². The van der Waals surface area contributed by atoms with Gasteiger partial charge in [0.1, 0.15) is 12.4 Å². The standard InChI is InChI=1S/C22H34O5.C10H21N/c1-8-9-10-15(19(24)25)20(26)27-13-14-11-16(21(2,3)4)18(23)17(12-14)22(5,6)7;1-9(2)7-6-8-10(3,4)11(9)5/h11-12,15,23H,8-10,13H2,1-7H3,(H,24,25);6-8H2,1-5H3. The smallest absolute Gasteiger partial charge is 0.320 e. The Morgan fingerprint density at radius 1 is 0.974 bits per heavy atom. The number of carboxylic acid groups (broad SMARTS) is 1. The number of rotatable bonds is 7. The maximum atomic E-state index is 12.2. The second-order valence-corrected chi connectivity index (χ2v) is 14.2. The summed E-state index contributed by atoms with van der Waals surface area (Å²) in [4.78, 5) is 26.1. The molecule has 0 aliphatic carbocycles. The first-order chi connectivity index (χ1) is 17.1. The number of hydrogen-bond acceptors (Lipinski definition) is 5. The number of phenolic OH excluding ortho intramolecular Hbond substituents is 1. The van der Waals surface area contributed by atoms with Crippen molar-refractivity contribution >= 4 is 11.9 Å². The molecule has 2 rings (SSSR count). The summed E-state index contributed by atoms with van der Waals surface area (Å²) in [7, 11) is 2.25. The van der Waals surface area contributed by atoms with Crippen LogP contribution in [0.4, 0.5) is 0 Å². The second-order valence-electron chi connectivity index (χ2n) is 14.2. The Morgan fingerprint density at radius 2 is 1.42 bits per heavy atom. The van der Waals surface area contributed by atoms with Gasteiger partial charge in [0.15, 0.2) is 5.92 Å². The normalized spacial score (nSPS) is 18.2. The van der Waals surface area contributed by atoms with Crippen LogP contribution in [0.25, 0.3) is 0 Å². The fraction of sp³-hybridized carbons (Fsp3) is 0.750. The molecule has 6 heteroatoms. The molecule has 1 atom stereocenters. The number of phenols is 1. The summed E-state index contributed by atoms with van der Waals surface area (Å²) in [5.41, 5.74) is 2.55. The highest BCUT2D eigenvalue weighted by Gasteiger charge is 2.38. The number of unbranched alkanes of at least 4 members (excludes halogenated alkanes) is 1. The Labute approximate surface area is 232 Å². The Bertz CT molecular complexity index is 899. The number of nitrogens with zero attached hydrogens (tertiary/aromatic N) is 1. The minimum Gasteiger partial charge on any atom is -0.507 e. The number of aromatic hydroxyl groups is 1. The van der Waals surface area contributed by atoms with Crippen LogP contribution in [-0.2, 0) is 31.8 Å². The van der Waals surface area contributed by atoms with E-state index in [1.807, 2.05) is 60.6 Å². The summed E-state index contributed by atoms with van der Waals surface area (Å²) in [6.45, 7) is 23.4. The minimum absolute atomic E-state index is 0.0127. The number of ether oxygens (including phenoxy) is 1. The van der Waals surface area contributed by atoms with Crippen LogP contribution in [0, 0.1) is 5.92 Å². The van der Waals surface area contributed by atoms with Gasteiger partial charge in [-0.25, -0.2) is 0 Å². The van der Waals surface area contributed by atoms with Crippen LogP contribution in [0.5, 0.6) is 5.75 Å². The SMILES string of the molecule is CCCCC(C(=O)O)C(=O)OCc1cc(C(C)(C)C)c(O)c(C(C)(C)C)c1.CN1C(C)(C)CCCC1(C)C. The van der Waals surface area contributed by atoms with E-state index < -0.39 is 17.9 Å². The van der Waals surface area contributed by atoms with Gasteiger partial charge in [-0.2, -0.15) is 0 Å². The molecule has 2 N–H and O–H groups in total. The lowest BCUT2D eigenvalue weighted by Crippen LogP contribution is -2.56. The molecule has 1 aliphatic rings. The molecule has 0 radical (unpaired) electrons. The average Bonchev–Trinajstić information content (AvgIpc) is 2.75. The molecule has 1 saturated heterocycles. The number of likely N-dealkylation sites (tertiary alicyclic amines) is 1. The Balaban J connectivity index is 0.000000544. The molecule has 0 bridgehead atoms. The summed E-state index contributed by atoms with van der Waals surface area (Å²) < 4.78 is 5.32. The van der Waals surface area contributed by atoms with Gasteiger partial charge in [0.25, 0.3) is 0 Å². The molecule has 1 aliphatic heterocycles. The molecule has 0 aromatic heterocycles. The highest BCUT2D eigenvalue weighted by Crippen LogP contribution is 2.40. The van der Waals surface area contributed by atoms with Gasteiger partial charge in [0.2, 0.25) is 0 Å². The second kappa shape index (κ2) is 12.8. The fourth-order valence-electron chi connectivity index (χ4n) is 5.03. The van der Waals surface area contributed by atoms with Gasteiger partial charge >= 0.3 is 11.9 Å². The van der Waals surface area contributed by atoms with E-state index in [0.717, 1.165) is 23.1 Å². The van der Waals surface area contributed by atoms with E-state index in [4.69, 9.17) is 4.74 Å². The Hall–Kier alpha value is -2.08. The van der Waals surface area contributed by atoms with Gasteiger partial charge in [-0.05, 0) is 100 Å². The van der Waals surface area contributed by atoms with Crippen LogP contribution in [0.15, 0.2) is 12.1 Å². The molecule has 6 nitrogen and oxygen atoms in total. The first kappa shape index (κ1) is 33.9. The van der Waals surface area contributed by atoms with Crippen molar-refractivity contribution in [3.63, 3.8) is 0 Å². The zero-order valence-corrected chi connectivity index (χ0v) is 26.2. The summed E-state index contributed by atoms with van der Waals surface area (Å²) >= 11 is 0. The van der Waals surface area contributed by atoms with Crippen molar-refractivity contribution in [2.24, 2.45) is 5.92 Å². The van der Waals surface area contributed by atoms with Crippen LogP contribution in [0.2, 0.25) is 0 Å². The fourth-order valence-corrected chi connectivity index (χ4v) is 5.03. The molecule has 0 spiro atoms. The molecule has 1 unspecified atom stereocenters. The van der Waals surface area contributed by atoms with E-state index in [-0.39, 0.29) is 29.6 Å². The lowest BCUT2D eigenvalue weighted by molar-refractivity contribution is -0.160. The van der Waals surface area contributed by atoms with E-state index in [2.05, 4.69) is 39.6 Å². The molecule has 218 valence electrons. The minimum atomic E-state index is -1.15. The molecular formula is C32H55NO5. The third-order valence-electron chi connectivity index (χ3n) is 7.99. The van der Waals surface area contributed by atoms with E-state index in [1.165, 1.54) is 19.3 Å². The highest BCUT2D eigenvalue weighted by atomic mass is 16.5. The predicted molar refractivity (Wildman–Crippen MR) is 156 cm³/mol. The summed E-state index contributed by atoms with van der Waals surface area (Å²) in [6, 6.07) is 3.67. The van der Waals surface area contributed by atoms with E-state index >= 15 is 0 Å².